The minimum absolute atomic E-state index is 0.0804. The van der Waals surface area contributed by atoms with Crippen LogP contribution in [0.15, 0.2) is 53.4 Å². The quantitative estimate of drug-likeness (QED) is 0.678. The summed E-state index contributed by atoms with van der Waals surface area (Å²) in [7, 11) is -4.05. The number of benzene rings is 2. The molecule has 1 atom stereocenters. The number of hydrogen-bond donors (Lipinski definition) is 0. The van der Waals surface area contributed by atoms with Gasteiger partial charge in [-0.3, -0.25) is 9.69 Å². The molecule has 2 heterocycles. The number of nitrogens with zero attached hydrogens (tertiary/aromatic N) is 3. The molecule has 1 unspecified atom stereocenters. The number of halogens is 2. The van der Waals surface area contributed by atoms with Crippen LogP contribution in [0.2, 0.25) is 0 Å². The van der Waals surface area contributed by atoms with Crippen LogP contribution >= 0.6 is 0 Å². The standard InChI is InChI=1S/C22H25F2N3O3S/c23-18-6-7-21(19(24)16-18)31(29,30)27-14-12-25(13-15-27)20-9-11-26(22(20)28)10-8-17-4-2-1-3-5-17/h1-7,16,20H,8-15H2. The van der Waals surface area contributed by atoms with Crippen molar-refractivity contribution < 1.29 is 22.0 Å². The smallest absolute Gasteiger partial charge is 0.246 e. The molecule has 2 aliphatic rings. The van der Waals surface area contributed by atoms with E-state index >= 15 is 0 Å². The van der Waals surface area contributed by atoms with E-state index in [1.165, 1.54) is 9.87 Å². The zero-order valence-electron chi connectivity index (χ0n) is 17.1. The number of amides is 1. The van der Waals surface area contributed by atoms with Gasteiger partial charge in [0.2, 0.25) is 15.9 Å². The first kappa shape index (κ1) is 21.9. The van der Waals surface area contributed by atoms with Gasteiger partial charge in [0.25, 0.3) is 0 Å². The highest BCUT2D eigenvalue weighted by molar-refractivity contribution is 7.89. The van der Waals surface area contributed by atoms with E-state index in [0.717, 1.165) is 18.6 Å². The van der Waals surface area contributed by atoms with Crippen molar-refractivity contribution in [3.63, 3.8) is 0 Å². The van der Waals surface area contributed by atoms with Gasteiger partial charge in [0.05, 0.1) is 6.04 Å². The van der Waals surface area contributed by atoms with Crippen molar-refractivity contribution in [3.8, 4) is 0 Å². The molecule has 9 heteroatoms. The second-order valence-electron chi connectivity index (χ2n) is 7.88. The van der Waals surface area contributed by atoms with Crippen LogP contribution in [0.1, 0.15) is 12.0 Å². The summed E-state index contributed by atoms with van der Waals surface area (Å²) in [6.07, 6.45) is 1.52. The second-order valence-corrected chi connectivity index (χ2v) is 9.79. The van der Waals surface area contributed by atoms with Crippen molar-refractivity contribution in [2.45, 2.75) is 23.8 Å². The van der Waals surface area contributed by atoms with E-state index in [0.29, 0.717) is 38.7 Å². The Balaban J connectivity index is 1.34. The first-order chi connectivity index (χ1) is 14.9. The molecule has 0 aromatic heterocycles. The molecule has 2 aromatic carbocycles. The Morgan fingerprint density at radius 3 is 2.32 bits per heavy atom. The van der Waals surface area contributed by atoms with Crippen LogP contribution in [-0.2, 0) is 21.2 Å². The lowest BCUT2D eigenvalue weighted by Crippen LogP contribution is -2.53. The third-order valence-corrected chi connectivity index (χ3v) is 7.94. The summed E-state index contributed by atoms with van der Waals surface area (Å²) in [5.74, 6) is -1.84. The van der Waals surface area contributed by atoms with Gasteiger partial charge in [0, 0.05) is 45.3 Å². The van der Waals surface area contributed by atoms with E-state index in [-0.39, 0.29) is 25.0 Å². The molecule has 0 saturated carbocycles. The summed E-state index contributed by atoms with van der Waals surface area (Å²) < 4.78 is 53.8. The first-order valence-electron chi connectivity index (χ1n) is 10.4. The maximum absolute atomic E-state index is 14.0. The summed E-state index contributed by atoms with van der Waals surface area (Å²) in [6.45, 7) is 2.46. The van der Waals surface area contributed by atoms with E-state index < -0.39 is 26.6 Å². The van der Waals surface area contributed by atoms with Crippen LogP contribution in [0.3, 0.4) is 0 Å². The fourth-order valence-electron chi connectivity index (χ4n) is 4.27. The monoisotopic (exact) mass is 449 g/mol. The predicted molar refractivity (Wildman–Crippen MR) is 112 cm³/mol. The van der Waals surface area contributed by atoms with E-state index in [1.807, 2.05) is 40.1 Å². The topological polar surface area (TPSA) is 60.9 Å². The number of piperazine rings is 1. The van der Waals surface area contributed by atoms with Crippen molar-refractivity contribution >= 4 is 15.9 Å². The number of hydrogen-bond acceptors (Lipinski definition) is 4. The van der Waals surface area contributed by atoms with Crippen LogP contribution in [0.4, 0.5) is 8.78 Å². The maximum Gasteiger partial charge on any atom is 0.246 e. The van der Waals surface area contributed by atoms with Crippen LogP contribution in [0, 0.1) is 11.6 Å². The molecule has 2 aromatic rings. The lowest BCUT2D eigenvalue weighted by molar-refractivity contribution is -0.132. The molecule has 1 amide bonds. The molecular formula is C22H25F2N3O3S. The largest absolute Gasteiger partial charge is 0.341 e. The van der Waals surface area contributed by atoms with E-state index in [2.05, 4.69) is 0 Å². The summed E-state index contributed by atoms with van der Waals surface area (Å²) in [6, 6.07) is 12.2. The van der Waals surface area contributed by atoms with Gasteiger partial charge in [-0.2, -0.15) is 4.31 Å². The Morgan fingerprint density at radius 1 is 0.935 bits per heavy atom. The molecule has 0 spiro atoms. The fraction of sp³-hybridized carbons (Fsp3) is 0.409. The van der Waals surface area contributed by atoms with Crippen molar-refractivity contribution in [1.29, 1.82) is 0 Å². The van der Waals surface area contributed by atoms with Crippen LogP contribution < -0.4 is 0 Å². The number of sulfonamides is 1. The third kappa shape index (κ3) is 4.63. The van der Waals surface area contributed by atoms with Crippen molar-refractivity contribution in [1.82, 2.24) is 14.1 Å². The normalized spacial score (nSPS) is 21.0. The molecule has 0 N–H and O–H groups in total. The molecule has 2 saturated heterocycles. The van der Waals surface area contributed by atoms with Crippen LogP contribution in [0.5, 0.6) is 0 Å². The number of carbonyl (C=O) groups is 1. The van der Waals surface area contributed by atoms with Crippen molar-refractivity contribution in [3.05, 3.63) is 65.7 Å². The van der Waals surface area contributed by atoms with E-state index in [4.69, 9.17) is 0 Å². The minimum atomic E-state index is -4.05. The van der Waals surface area contributed by atoms with E-state index in [1.54, 1.807) is 0 Å². The summed E-state index contributed by atoms with van der Waals surface area (Å²) in [4.78, 5) is 16.2. The molecule has 31 heavy (non-hydrogen) atoms. The first-order valence-corrected chi connectivity index (χ1v) is 11.8. The minimum Gasteiger partial charge on any atom is -0.341 e. The molecule has 0 bridgehead atoms. The summed E-state index contributed by atoms with van der Waals surface area (Å²) in [5.41, 5.74) is 1.19. The maximum atomic E-state index is 14.0. The van der Waals surface area contributed by atoms with Crippen molar-refractivity contribution in [2.75, 3.05) is 39.3 Å². The highest BCUT2D eigenvalue weighted by atomic mass is 32.2. The zero-order chi connectivity index (χ0) is 22.0. The lowest BCUT2D eigenvalue weighted by atomic mass is 10.1. The van der Waals surface area contributed by atoms with Gasteiger partial charge in [0.15, 0.2) is 0 Å². The average Bonchev–Trinajstić information content (AvgIpc) is 3.13. The third-order valence-electron chi connectivity index (χ3n) is 6.01. The predicted octanol–water partition coefficient (Wildman–Crippen LogP) is 2.11. The Labute approximate surface area is 181 Å². The molecule has 0 aliphatic carbocycles. The molecule has 166 valence electrons. The van der Waals surface area contributed by atoms with Crippen LogP contribution in [-0.4, -0.2) is 73.7 Å². The molecule has 2 fully saturated rings. The zero-order valence-corrected chi connectivity index (χ0v) is 17.9. The Hall–Kier alpha value is -2.36. The Kier molecular flexibility index (Phi) is 6.36. The summed E-state index contributed by atoms with van der Waals surface area (Å²) in [5, 5.41) is 0. The fourth-order valence-corrected chi connectivity index (χ4v) is 5.74. The van der Waals surface area contributed by atoms with Crippen molar-refractivity contribution in [2.24, 2.45) is 0 Å². The number of rotatable bonds is 6. The van der Waals surface area contributed by atoms with Crippen LogP contribution in [0.25, 0.3) is 0 Å². The van der Waals surface area contributed by atoms with Gasteiger partial charge < -0.3 is 4.90 Å². The highest BCUT2D eigenvalue weighted by Gasteiger charge is 2.39. The van der Waals surface area contributed by atoms with Gasteiger partial charge in [-0.25, -0.2) is 17.2 Å². The molecule has 6 nitrogen and oxygen atoms in total. The van der Waals surface area contributed by atoms with Gasteiger partial charge in [-0.15, -0.1) is 0 Å². The Morgan fingerprint density at radius 2 is 1.65 bits per heavy atom. The molecule has 2 aliphatic heterocycles. The van der Waals surface area contributed by atoms with Gasteiger partial charge in [-0.05, 0) is 30.5 Å². The lowest BCUT2D eigenvalue weighted by Gasteiger charge is -2.36. The number of likely N-dealkylation sites (tertiary alicyclic amines) is 1. The van der Waals surface area contributed by atoms with Gasteiger partial charge in [0.1, 0.15) is 16.5 Å². The molecule has 0 radical (unpaired) electrons. The highest BCUT2D eigenvalue weighted by Crippen LogP contribution is 2.24. The number of carbonyl (C=O) groups excluding carboxylic acids is 1. The molecule has 4 rings (SSSR count). The molecular weight excluding hydrogens is 424 g/mol. The second kappa shape index (κ2) is 9.02. The Bertz CT molecular complexity index is 1040. The van der Waals surface area contributed by atoms with Gasteiger partial charge >= 0.3 is 0 Å². The van der Waals surface area contributed by atoms with E-state index in [9.17, 15) is 22.0 Å². The summed E-state index contributed by atoms with van der Waals surface area (Å²) >= 11 is 0. The average molecular weight is 450 g/mol. The SMILES string of the molecule is O=C1C(N2CCN(S(=O)(=O)c3ccc(F)cc3F)CC2)CCN1CCc1ccccc1. The van der Waals surface area contributed by atoms with Gasteiger partial charge in [-0.1, -0.05) is 30.3 Å².